The molecule has 0 radical (unpaired) electrons. The Balaban J connectivity index is 1.61. The molecular formula is C52H78. The molecular weight excluding hydrogens is 625 g/mol. The largest absolute Gasteiger partial charge is 0.0654 e. The Labute approximate surface area is 322 Å². The van der Waals surface area contributed by atoms with Crippen LogP contribution in [0, 0.1) is 0 Å². The third-order valence-electron chi connectivity index (χ3n) is 13.5. The molecule has 0 heteroatoms. The molecule has 0 aromatic heterocycles. The zero-order valence-corrected chi connectivity index (χ0v) is 34.6. The van der Waals surface area contributed by atoms with Gasteiger partial charge in [0.15, 0.2) is 0 Å². The van der Waals surface area contributed by atoms with Gasteiger partial charge in [-0.05, 0) is 70.2 Å². The summed E-state index contributed by atoms with van der Waals surface area (Å²) in [6.45, 7) is 9.40. The molecule has 0 fully saturated rings. The maximum absolute atomic E-state index is 2.58. The van der Waals surface area contributed by atoms with Gasteiger partial charge in [0.1, 0.15) is 0 Å². The maximum Gasteiger partial charge on any atom is 0.0218 e. The van der Waals surface area contributed by atoms with E-state index in [4.69, 9.17) is 0 Å². The SMILES string of the molecule is CCCCCCCCC1(CCCCCCCC)c2ccccc2-c2ccc3c(c21)C(CCCCCCCC)(CCCCCCCC)c1ccccc1-3. The van der Waals surface area contributed by atoms with Crippen LogP contribution in [0.15, 0.2) is 60.7 Å². The predicted molar refractivity (Wildman–Crippen MR) is 231 cm³/mol. The van der Waals surface area contributed by atoms with Gasteiger partial charge in [-0.3, -0.25) is 0 Å². The number of fused-ring (bicyclic) bond motifs is 7. The van der Waals surface area contributed by atoms with Gasteiger partial charge in [-0.25, -0.2) is 0 Å². The molecule has 3 aromatic rings. The summed E-state index contributed by atoms with van der Waals surface area (Å²) < 4.78 is 0. The van der Waals surface area contributed by atoms with E-state index in [1.807, 2.05) is 0 Å². The predicted octanol–water partition coefficient (Wildman–Crippen LogP) is 17.2. The van der Waals surface area contributed by atoms with Crippen molar-refractivity contribution in [2.75, 3.05) is 0 Å². The van der Waals surface area contributed by atoms with Gasteiger partial charge < -0.3 is 0 Å². The highest BCUT2D eigenvalue weighted by molar-refractivity contribution is 5.91. The summed E-state index contributed by atoms with van der Waals surface area (Å²) >= 11 is 0. The number of hydrogen-bond donors (Lipinski definition) is 0. The molecule has 0 amide bonds. The summed E-state index contributed by atoms with van der Waals surface area (Å²) in [6.07, 6.45) is 38.3. The van der Waals surface area contributed by atoms with Crippen molar-refractivity contribution in [3.63, 3.8) is 0 Å². The zero-order chi connectivity index (χ0) is 36.5. The standard InChI is InChI=1S/C52H78/c1-5-9-13-17-21-29-39-51(40-30-22-18-14-10-6-2)47-35-27-25-33-43(47)45-37-38-46-44-34-26-28-36-48(44)52(50(46)49(45)51,41-31-23-19-15-11-7-3)42-32-24-20-16-12-8-4/h25-28,33-38H,5-24,29-32,39-42H2,1-4H3. The van der Waals surface area contributed by atoms with E-state index in [1.54, 1.807) is 44.5 Å². The summed E-state index contributed by atoms with van der Waals surface area (Å²) in [7, 11) is 0. The van der Waals surface area contributed by atoms with Crippen molar-refractivity contribution in [2.45, 2.75) is 218 Å². The van der Waals surface area contributed by atoms with E-state index in [-0.39, 0.29) is 10.8 Å². The first-order chi connectivity index (χ1) is 25.7. The second-order valence-corrected chi connectivity index (χ2v) is 17.2. The van der Waals surface area contributed by atoms with Gasteiger partial charge in [-0.2, -0.15) is 0 Å². The summed E-state index contributed by atoms with van der Waals surface area (Å²) in [5.41, 5.74) is 13.5. The van der Waals surface area contributed by atoms with Gasteiger partial charge in [-0.1, -0.05) is 242 Å². The molecule has 0 spiro atoms. The quantitative estimate of drug-likeness (QED) is 0.0661. The fourth-order valence-corrected chi connectivity index (χ4v) is 10.7. The van der Waals surface area contributed by atoms with Gasteiger partial charge in [0.25, 0.3) is 0 Å². The van der Waals surface area contributed by atoms with Crippen molar-refractivity contribution >= 4 is 0 Å². The molecule has 52 heavy (non-hydrogen) atoms. The molecule has 0 unspecified atom stereocenters. The van der Waals surface area contributed by atoms with Crippen molar-refractivity contribution in [2.24, 2.45) is 0 Å². The number of hydrogen-bond acceptors (Lipinski definition) is 0. The fraction of sp³-hybridized carbons (Fsp3) is 0.654. The average Bonchev–Trinajstić information content (AvgIpc) is 3.61. The summed E-state index contributed by atoms with van der Waals surface area (Å²) in [4.78, 5) is 0. The molecule has 5 rings (SSSR count). The van der Waals surface area contributed by atoms with Crippen LogP contribution in [-0.4, -0.2) is 0 Å². The number of benzene rings is 3. The van der Waals surface area contributed by atoms with Crippen LogP contribution in [0.5, 0.6) is 0 Å². The Morgan fingerprint density at radius 1 is 0.288 bits per heavy atom. The first-order valence-electron chi connectivity index (χ1n) is 23.1. The number of unbranched alkanes of at least 4 members (excludes halogenated alkanes) is 20. The van der Waals surface area contributed by atoms with E-state index in [1.165, 1.54) is 180 Å². The first kappa shape index (κ1) is 40.8. The van der Waals surface area contributed by atoms with Gasteiger partial charge in [0.05, 0.1) is 0 Å². The minimum Gasteiger partial charge on any atom is -0.0654 e. The molecule has 3 aromatic carbocycles. The van der Waals surface area contributed by atoms with Crippen LogP contribution >= 0.6 is 0 Å². The minimum absolute atomic E-state index is 0.127. The van der Waals surface area contributed by atoms with Crippen LogP contribution in [0.4, 0.5) is 0 Å². The number of rotatable bonds is 28. The lowest BCUT2D eigenvalue weighted by atomic mass is 9.63. The third kappa shape index (κ3) is 9.47. The van der Waals surface area contributed by atoms with Crippen LogP contribution in [0.1, 0.15) is 230 Å². The molecule has 0 nitrogen and oxygen atoms in total. The van der Waals surface area contributed by atoms with Crippen LogP contribution in [0.25, 0.3) is 22.3 Å². The highest BCUT2D eigenvalue weighted by Crippen LogP contribution is 2.63. The van der Waals surface area contributed by atoms with Gasteiger partial charge >= 0.3 is 0 Å². The Bertz CT molecular complexity index is 1310. The lowest BCUT2D eigenvalue weighted by molar-refractivity contribution is 0.368. The van der Waals surface area contributed by atoms with E-state index in [0.717, 1.165) is 0 Å². The lowest BCUT2D eigenvalue weighted by Gasteiger charge is -2.40. The average molecular weight is 703 g/mol. The van der Waals surface area contributed by atoms with E-state index in [9.17, 15) is 0 Å². The first-order valence-corrected chi connectivity index (χ1v) is 23.1. The van der Waals surface area contributed by atoms with Gasteiger partial charge in [0, 0.05) is 10.8 Å². The Hall–Kier alpha value is -2.34. The lowest BCUT2D eigenvalue weighted by Crippen LogP contribution is -2.33. The van der Waals surface area contributed by atoms with E-state index >= 15 is 0 Å². The summed E-state index contributed by atoms with van der Waals surface area (Å²) in [5, 5.41) is 0. The van der Waals surface area contributed by atoms with E-state index in [0.29, 0.717) is 0 Å². The molecule has 2 aliphatic carbocycles. The fourth-order valence-electron chi connectivity index (χ4n) is 10.7. The van der Waals surface area contributed by atoms with E-state index in [2.05, 4.69) is 88.4 Å². The summed E-state index contributed by atoms with van der Waals surface area (Å²) in [6, 6.07) is 24.7. The van der Waals surface area contributed by atoms with Crippen molar-refractivity contribution in [1.29, 1.82) is 0 Å². The molecule has 0 bridgehead atoms. The maximum atomic E-state index is 2.58. The van der Waals surface area contributed by atoms with Crippen LogP contribution in [0.3, 0.4) is 0 Å². The highest BCUT2D eigenvalue weighted by atomic mass is 14.5. The second kappa shape index (κ2) is 21.5. The van der Waals surface area contributed by atoms with E-state index < -0.39 is 0 Å². The highest BCUT2D eigenvalue weighted by Gasteiger charge is 2.51. The smallest absolute Gasteiger partial charge is 0.0218 e. The topological polar surface area (TPSA) is 0 Å². The van der Waals surface area contributed by atoms with Crippen molar-refractivity contribution in [3.05, 3.63) is 82.9 Å². The normalized spacial score (nSPS) is 14.7. The van der Waals surface area contributed by atoms with Crippen LogP contribution in [-0.2, 0) is 10.8 Å². The molecule has 286 valence electrons. The molecule has 0 atom stereocenters. The third-order valence-corrected chi connectivity index (χ3v) is 13.5. The monoisotopic (exact) mass is 703 g/mol. The van der Waals surface area contributed by atoms with Gasteiger partial charge in [0.2, 0.25) is 0 Å². The molecule has 0 heterocycles. The van der Waals surface area contributed by atoms with Gasteiger partial charge in [-0.15, -0.1) is 0 Å². The van der Waals surface area contributed by atoms with Crippen LogP contribution in [0.2, 0.25) is 0 Å². The molecule has 0 N–H and O–H groups in total. The van der Waals surface area contributed by atoms with Crippen molar-refractivity contribution in [1.82, 2.24) is 0 Å². The molecule has 0 aliphatic heterocycles. The zero-order valence-electron chi connectivity index (χ0n) is 34.6. The van der Waals surface area contributed by atoms with Crippen LogP contribution < -0.4 is 0 Å². The Morgan fingerprint density at radius 2 is 0.558 bits per heavy atom. The minimum atomic E-state index is 0.127. The molecule has 0 saturated carbocycles. The Kier molecular flexibility index (Phi) is 16.9. The summed E-state index contributed by atoms with van der Waals surface area (Å²) in [5.74, 6) is 0. The molecule has 2 aliphatic rings. The molecule has 0 saturated heterocycles. The second-order valence-electron chi connectivity index (χ2n) is 17.2. The Morgan fingerprint density at radius 3 is 0.865 bits per heavy atom. The van der Waals surface area contributed by atoms with Crippen molar-refractivity contribution in [3.8, 4) is 22.3 Å². The van der Waals surface area contributed by atoms with Crippen molar-refractivity contribution < 1.29 is 0 Å².